The first-order valence-corrected chi connectivity index (χ1v) is 2.88. The Morgan fingerprint density at radius 1 is 1.89 bits per heavy atom. The maximum atomic E-state index is 10.3. The summed E-state index contributed by atoms with van der Waals surface area (Å²) in [6.07, 6.45) is 1.16. The van der Waals surface area contributed by atoms with Crippen LogP contribution in [-0.2, 0) is 9.53 Å². The molecule has 0 radical (unpaired) electrons. The van der Waals surface area contributed by atoms with Gasteiger partial charge in [0.2, 0.25) is 0 Å². The molecule has 0 fully saturated rings. The monoisotopic (exact) mass is 130 g/mol. The molecule has 3 nitrogen and oxygen atoms in total. The smallest absolute Gasteiger partial charge is 0.330 e. The first-order valence-electron chi connectivity index (χ1n) is 2.88. The van der Waals surface area contributed by atoms with Crippen LogP contribution in [0.4, 0.5) is 0 Å². The van der Waals surface area contributed by atoms with Gasteiger partial charge in [0.25, 0.3) is 0 Å². The standard InChI is InChI=1S/C6H11NO2/c1-3-6(8)9-5-4-7-2/h3,7H,1,4-5H2,2H3/p+1. The van der Waals surface area contributed by atoms with Crippen molar-refractivity contribution in [3.8, 4) is 0 Å². The van der Waals surface area contributed by atoms with E-state index < -0.39 is 0 Å². The van der Waals surface area contributed by atoms with Crippen molar-refractivity contribution in [2.75, 3.05) is 20.2 Å². The van der Waals surface area contributed by atoms with Gasteiger partial charge in [-0.3, -0.25) is 0 Å². The van der Waals surface area contributed by atoms with E-state index in [0.717, 1.165) is 12.6 Å². The number of carbonyl (C=O) groups excluding carboxylic acids is 1. The van der Waals surface area contributed by atoms with Crippen LogP contribution in [0.5, 0.6) is 0 Å². The summed E-state index contributed by atoms with van der Waals surface area (Å²) in [7, 11) is 1.92. The molecule has 0 aliphatic rings. The summed E-state index contributed by atoms with van der Waals surface area (Å²) in [5.41, 5.74) is 0. The molecule has 2 N–H and O–H groups in total. The molecule has 0 atom stereocenters. The Morgan fingerprint density at radius 3 is 3.00 bits per heavy atom. The van der Waals surface area contributed by atoms with Crippen LogP contribution in [0.2, 0.25) is 0 Å². The van der Waals surface area contributed by atoms with E-state index in [1.54, 1.807) is 0 Å². The summed E-state index contributed by atoms with van der Waals surface area (Å²) in [5.74, 6) is -0.350. The van der Waals surface area contributed by atoms with Crippen molar-refractivity contribution in [1.82, 2.24) is 0 Å². The minimum absolute atomic E-state index is 0.350. The number of hydrogen-bond donors (Lipinski definition) is 1. The van der Waals surface area contributed by atoms with Crippen molar-refractivity contribution in [3.63, 3.8) is 0 Å². The Balaban J connectivity index is 3.07. The lowest BCUT2D eigenvalue weighted by atomic mass is 10.6. The number of nitrogens with two attached hydrogens (primary N) is 1. The average Bonchev–Trinajstić information content (AvgIpc) is 1.89. The van der Waals surface area contributed by atoms with Crippen molar-refractivity contribution in [2.45, 2.75) is 0 Å². The van der Waals surface area contributed by atoms with E-state index >= 15 is 0 Å². The van der Waals surface area contributed by atoms with Crippen molar-refractivity contribution >= 4 is 5.97 Å². The predicted molar refractivity (Wildman–Crippen MR) is 33.9 cm³/mol. The third kappa shape index (κ3) is 5.03. The molecule has 52 valence electrons. The first-order chi connectivity index (χ1) is 4.31. The van der Waals surface area contributed by atoms with E-state index in [-0.39, 0.29) is 5.97 Å². The molecule has 0 spiro atoms. The van der Waals surface area contributed by atoms with Gasteiger partial charge < -0.3 is 10.1 Å². The molecule has 3 heteroatoms. The molecular formula is C6H12NO2+. The summed E-state index contributed by atoms with van der Waals surface area (Å²) in [6.45, 7) is 4.52. The van der Waals surface area contributed by atoms with Gasteiger partial charge in [0.05, 0.1) is 7.05 Å². The minimum Gasteiger partial charge on any atom is -0.457 e. The number of hydrogen-bond acceptors (Lipinski definition) is 2. The molecule has 0 aromatic carbocycles. The van der Waals surface area contributed by atoms with Crippen LogP contribution in [0.15, 0.2) is 12.7 Å². The van der Waals surface area contributed by atoms with Gasteiger partial charge in [-0.2, -0.15) is 0 Å². The Kier molecular flexibility index (Phi) is 4.82. The predicted octanol–water partition coefficient (Wildman–Crippen LogP) is -1.09. The van der Waals surface area contributed by atoms with Gasteiger partial charge in [0.15, 0.2) is 0 Å². The number of rotatable bonds is 4. The van der Waals surface area contributed by atoms with Crippen LogP contribution >= 0.6 is 0 Å². The Bertz CT molecular complexity index is 101. The Morgan fingerprint density at radius 2 is 2.56 bits per heavy atom. The van der Waals surface area contributed by atoms with Gasteiger partial charge in [0.1, 0.15) is 13.2 Å². The maximum Gasteiger partial charge on any atom is 0.330 e. The van der Waals surface area contributed by atoms with Gasteiger partial charge in [-0.15, -0.1) is 0 Å². The summed E-state index contributed by atoms with van der Waals surface area (Å²) >= 11 is 0. The largest absolute Gasteiger partial charge is 0.457 e. The third-order valence-corrected chi connectivity index (χ3v) is 0.818. The fraction of sp³-hybridized carbons (Fsp3) is 0.500. The quantitative estimate of drug-likeness (QED) is 0.298. The molecule has 0 aliphatic heterocycles. The summed E-state index contributed by atoms with van der Waals surface area (Å²) in [5, 5.41) is 1.94. The molecule has 0 aliphatic carbocycles. The Labute approximate surface area is 54.7 Å². The summed E-state index contributed by atoms with van der Waals surface area (Å²) in [6, 6.07) is 0. The van der Waals surface area contributed by atoms with Gasteiger partial charge in [-0.05, 0) is 0 Å². The molecule has 0 saturated carbocycles. The zero-order valence-corrected chi connectivity index (χ0v) is 5.59. The van der Waals surface area contributed by atoms with Gasteiger partial charge >= 0.3 is 5.97 Å². The lowest BCUT2D eigenvalue weighted by Crippen LogP contribution is -2.80. The molecule has 0 bridgehead atoms. The molecule has 0 aromatic rings. The third-order valence-electron chi connectivity index (χ3n) is 0.818. The lowest BCUT2D eigenvalue weighted by Gasteiger charge is -1.96. The van der Waals surface area contributed by atoms with Crippen LogP contribution in [-0.4, -0.2) is 26.2 Å². The zero-order valence-electron chi connectivity index (χ0n) is 5.59. The normalized spacial score (nSPS) is 8.56. The molecule has 0 saturated heterocycles. The van der Waals surface area contributed by atoms with E-state index in [2.05, 4.69) is 11.3 Å². The second kappa shape index (κ2) is 5.31. The fourth-order valence-corrected chi connectivity index (χ4v) is 0.336. The molecule has 0 rings (SSSR count). The van der Waals surface area contributed by atoms with Crippen LogP contribution in [0.3, 0.4) is 0 Å². The van der Waals surface area contributed by atoms with Crippen LogP contribution < -0.4 is 5.32 Å². The molecule has 0 heterocycles. The van der Waals surface area contributed by atoms with Crippen LogP contribution in [0.25, 0.3) is 0 Å². The maximum absolute atomic E-state index is 10.3. The molecule has 0 unspecified atom stereocenters. The molecule has 0 aromatic heterocycles. The topological polar surface area (TPSA) is 42.9 Å². The van der Waals surface area contributed by atoms with E-state index in [0.29, 0.717) is 6.61 Å². The second-order valence-electron chi connectivity index (χ2n) is 1.57. The fourth-order valence-electron chi connectivity index (χ4n) is 0.336. The molecule has 0 amide bonds. The van der Waals surface area contributed by atoms with Crippen LogP contribution in [0, 0.1) is 0 Å². The van der Waals surface area contributed by atoms with E-state index in [1.165, 1.54) is 0 Å². The van der Waals surface area contributed by atoms with Crippen molar-refractivity contribution in [3.05, 3.63) is 12.7 Å². The van der Waals surface area contributed by atoms with Gasteiger partial charge in [0, 0.05) is 6.08 Å². The highest BCUT2D eigenvalue weighted by molar-refractivity contribution is 5.81. The highest BCUT2D eigenvalue weighted by atomic mass is 16.5. The van der Waals surface area contributed by atoms with E-state index in [9.17, 15) is 4.79 Å². The highest BCUT2D eigenvalue weighted by Gasteiger charge is 1.92. The first kappa shape index (κ1) is 8.17. The van der Waals surface area contributed by atoms with Crippen molar-refractivity contribution in [1.29, 1.82) is 0 Å². The van der Waals surface area contributed by atoms with Crippen LogP contribution in [0.1, 0.15) is 0 Å². The SMILES string of the molecule is C=CC(=O)OCC[NH2+]C. The minimum atomic E-state index is -0.350. The van der Waals surface area contributed by atoms with Gasteiger partial charge in [-0.1, -0.05) is 6.58 Å². The van der Waals surface area contributed by atoms with Crippen molar-refractivity contribution in [2.24, 2.45) is 0 Å². The van der Waals surface area contributed by atoms with E-state index in [4.69, 9.17) is 0 Å². The number of ether oxygens (including phenoxy) is 1. The number of quaternary nitrogens is 1. The number of carbonyl (C=O) groups is 1. The highest BCUT2D eigenvalue weighted by Crippen LogP contribution is 1.74. The number of likely N-dealkylation sites (N-methyl/N-ethyl adjacent to an activating group) is 1. The summed E-state index contributed by atoms with van der Waals surface area (Å²) < 4.78 is 4.64. The number of esters is 1. The average molecular weight is 130 g/mol. The molecule has 9 heavy (non-hydrogen) atoms. The second-order valence-corrected chi connectivity index (χ2v) is 1.57. The van der Waals surface area contributed by atoms with Crippen molar-refractivity contribution < 1.29 is 14.8 Å². The summed E-state index contributed by atoms with van der Waals surface area (Å²) in [4.78, 5) is 10.3. The molecular weight excluding hydrogens is 118 g/mol. The Hall–Kier alpha value is -0.830. The lowest BCUT2D eigenvalue weighted by molar-refractivity contribution is -0.628. The zero-order chi connectivity index (χ0) is 7.11. The van der Waals surface area contributed by atoms with E-state index in [1.807, 2.05) is 12.4 Å². The van der Waals surface area contributed by atoms with Gasteiger partial charge in [-0.25, -0.2) is 4.79 Å².